The van der Waals surface area contributed by atoms with Crippen LogP contribution in [-0.4, -0.2) is 55.4 Å². The van der Waals surface area contributed by atoms with Crippen LogP contribution in [0.25, 0.3) is 11.3 Å². The van der Waals surface area contributed by atoms with Crippen molar-refractivity contribution in [3.8, 4) is 17.0 Å². The highest BCUT2D eigenvalue weighted by Crippen LogP contribution is 2.29. The van der Waals surface area contributed by atoms with E-state index in [2.05, 4.69) is 10.4 Å². The first-order valence-electron chi connectivity index (χ1n) is 10.9. The van der Waals surface area contributed by atoms with Crippen molar-refractivity contribution in [2.45, 2.75) is 31.7 Å². The van der Waals surface area contributed by atoms with Gasteiger partial charge in [-0.25, -0.2) is 8.42 Å². The van der Waals surface area contributed by atoms with Gasteiger partial charge < -0.3 is 14.8 Å². The lowest BCUT2D eigenvalue weighted by atomic mass is 10.1. The molecule has 2 heterocycles. The summed E-state index contributed by atoms with van der Waals surface area (Å²) in [5.41, 5.74) is 2.60. The van der Waals surface area contributed by atoms with Crippen molar-refractivity contribution in [1.82, 2.24) is 14.1 Å². The summed E-state index contributed by atoms with van der Waals surface area (Å²) in [4.78, 5) is 13.5. The number of methoxy groups -OCH3 is 1. The number of hydrogen-bond donors (Lipinski definition) is 1. The summed E-state index contributed by atoms with van der Waals surface area (Å²) in [6, 6.07) is 12.2. The number of carbonyl (C=O) groups is 1. The first kappa shape index (κ1) is 23.9. The predicted octanol–water partition coefficient (Wildman–Crippen LogP) is 3.68. The van der Waals surface area contributed by atoms with Gasteiger partial charge in [0, 0.05) is 30.0 Å². The SMILES string of the molecule is COc1cccc(-c2nn(C(C)C)cc2C(=O)Nc2ccc(C)c(S(=O)(=O)N3CCOC3)c2)c1. The zero-order chi connectivity index (χ0) is 24.5. The molecule has 10 heteroatoms. The van der Waals surface area contributed by atoms with E-state index in [1.807, 2.05) is 38.1 Å². The Balaban J connectivity index is 1.68. The van der Waals surface area contributed by atoms with Gasteiger partial charge in [-0.15, -0.1) is 0 Å². The average molecular weight is 485 g/mol. The minimum Gasteiger partial charge on any atom is -0.497 e. The normalized spacial score (nSPS) is 14.5. The van der Waals surface area contributed by atoms with Gasteiger partial charge in [0.15, 0.2) is 0 Å². The summed E-state index contributed by atoms with van der Waals surface area (Å²) in [6.45, 7) is 6.37. The van der Waals surface area contributed by atoms with E-state index < -0.39 is 10.0 Å². The van der Waals surface area contributed by atoms with E-state index in [1.54, 1.807) is 37.0 Å². The molecule has 0 spiro atoms. The molecular formula is C24H28N4O5S. The third-order valence-electron chi connectivity index (χ3n) is 5.63. The number of carbonyl (C=O) groups excluding carboxylic acids is 1. The summed E-state index contributed by atoms with van der Waals surface area (Å²) in [6.07, 6.45) is 1.70. The zero-order valence-electron chi connectivity index (χ0n) is 19.6. The first-order valence-corrected chi connectivity index (χ1v) is 12.4. The summed E-state index contributed by atoms with van der Waals surface area (Å²) in [5.74, 6) is 0.267. The van der Waals surface area contributed by atoms with Crippen molar-refractivity contribution >= 4 is 21.6 Å². The number of nitrogens with one attached hydrogen (secondary N) is 1. The van der Waals surface area contributed by atoms with Crippen LogP contribution >= 0.6 is 0 Å². The second-order valence-corrected chi connectivity index (χ2v) is 10.3. The fraction of sp³-hybridized carbons (Fsp3) is 0.333. The third-order valence-corrected chi connectivity index (χ3v) is 7.60. The average Bonchev–Trinajstić information content (AvgIpc) is 3.51. The van der Waals surface area contributed by atoms with E-state index in [0.717, 1.165) is 5.56 Å². The highest BCUT2D eigenvalue weighted by Gasteiger charge is 2.29. The molecule has 0 atom stereocenters. The van der Waals surface area contributed by atoms with Gasteiger partial charge >= 0.3 is 0 Å². The van der Waals surface area contributed by atoms with Crippen molar-refractivity contribution in [3.63, 3.8) is 0 Å². The summed E-state index contributed by atoms with van der Waals surface area (Å²) >= 11 is 0. The predicted molar refractivity (Wildman–Crippen MR) is 128 cm³/mol. The number of rotatable bonds is 7. The molecule has 1 fully saturated rings. The van der Waals surface area contributed by atoms with Gasteiger partial charge in [-0.05, 0) is 50.6 Å². The standard InChI is InChI=1S/C24H28N4O5S/c1-16(2)28-14-21(23(26-28)18-6-5-7-20(12-18)32-4)24(29)25-19-9-8-17(3)22(13-19)34(30,31)27-10-11-33-15-27/h5-9,12-14,16H,10-11,15H2,1-4H3,(H,25,29). The molecule has 1 aromatic heterocycles. The van der Waals surface area contributed by atoms with E-state index in [1.165, 1.54) is 10.4 Å². The maximum Gasteiger partial charge on any atom is 0.259 e. The molecule has 2 aromatic carbocycles. The maximum atomic E-state index is 13.3. The molecule has 34 heavy (non-hydrogen) atoms. The number of hydrogen-bond acceptors (Lipinski definition) is 6. The van der Waals surface area contributed by atoms with Gasteiger partial charge in [0.05, 0.1) is 24.2 Å². The van der Waals surface area contributed by atoms with E-state index >= 15 is 0 Å². The van der Waals surface area contributed by atoms with Gasteiger partial charge in [-0.3, -0.25) is 9.48 Å². The molecule has 1 aliphatic heterocycles. The molecule has 9 nitrogen and oxygen atoms in total. The lowest BCUT2D eigenvalue weighted by Crippen LogP contribution is -2.29. The van der Waals surface area contributed by atoms with Gasteiger partial charge in [0.1, 0.15) is 18.2 Å². The monoisotopic (exact) mass is 484 g/mol. The van der Waals surface area contributed by atoms with Crippen molar-refractivity contribution in [2.75, 3.05) is 32.3 Å². The number of aromatic nitrogens is 2. The van der Waals surface area contributed by atoms with Crippen LogP contribution in [0.3, 0.4) is 0 Å². The summed E-state index contributed by atoms with van der Waals surface area (Å²) < 4.78 is 39.6. The second-order valence-electron chi connectivity index (χ2n) is 8.35. The highest BCUT2D eigenvalue weighted by molar-refractivity contribution is 7.89. The Morgan fingerprint density at radius 3 is 2.68 bits per heavy atom. The van der Waals surface area contributed by atoms with Gasteiger partial charge in [-0.1, -0.05) is 18.2 Å². The molecular weight excluding hydrogens is 456 g/mol. The number of amides is 1. The molecule has 0 unspecified atom stereocenters. The van der Waals surface area contributed by atoms with Crippen LogP contribution in [0, 0.1) is 6.92 Å². The van der Waals surface area contributed by atoms with Crippen LogP contribution in [0.2, 0.25) is 0 Å². The van der Waals surface area contributed by atoms with Gasteiger partial charge in [0.2, 0.25) is 10.0 Å². The van der Waals surface area contributed by atoms with Gasteiger partial charge in [-0.2, -0.15) is 9.40 Å². The van der Waals surface area contributed by atoms with Gasteiger partial charge in [0.25, 0.3) is 5.91 Å². The van der Waals surface area contributed by atoms with Crippen LogP contribution in [0.4, 0.5) is 5.69 Å². The Labute approximate surface area is 199 Å². The third kappa shape index (κ3) is 4.70. The Bertz CT molecular complexity index is 1310. The van der Waals surface area contributed by atoms with Crippen LogP contribution in [0.5, 0.6) is 5.75 Å². The summed E-state index contributed by atoms with van der Waals surface area (Å²) in [7, 11) is -2.15. The zero-order valence-corrected chi connectivity index (χ0v) is 20.4. The minimum absolute atomic E-state index is 0.0244. The van der Waals surface area contributed by atoms with Crippen LogP contribution in [0.15, 0.2) is 53.6 Å². The largest absolute Gasteiger partial charge is 0.497 e. The second kappa shape index (κ2) is 9.57. The number of benzene rings is 2. The van der Waals surface area contributed by atoms with Crippen LogP contribution in [-0.2, 0) is 14.8 Å². The van der Waals surface area contributed by atoms with E-state index in [-0.39, 0.29) is 23.6 Å². The minimum atomic E-state index is -3.73. The Kier molecular flexibility index (Phi) is 6.74. The van der Waals surface area contributed by atoms with Crippen molar-refractivity contribution in [2.24, 2.45) is 0 Å². The van der Waals surface area contributed by atoms with Crippen LogP contribution in [0.1, 0.15) is 35.8 Å². The highest BCUT2D eigenvalue weighted by atomic mass is 32.2. The molecule has 0 saturated carbocycles. The van der Waals surface area contributed by atoms with Crippen molar-refractivity contribution in [3.05, 3.63) is 59.8 Å². The lowest BCUT2D eigenvalue weighted by molar-refractivity contribution is 0.102. The quantitative estimate of drug-likeness (QED) is 0.549. The molecule has 0 bridgehead atoms. The number of nitrogens with zero attached hydrogens (tertiary/aromatic N) is 3. The maximum absolute atomic E-state index is 13.3. The lowest BCUT2D eigenvalue weighted by Gasteiger charge is -2.17. The molecule has 1 N–H and O–H groups in total. The number of sulfonamides is 1. The first-order chi connectivity index (χ1) is 16.2. The fourth-order valence-electron chi connectivity index (χ4n) is 3.69. The fourth-order valence-corrected chi connectivity index (χ4v) is 5.24. The molecule has 1 amide bonds. The molecule has 0 radical (unpaired) electrons. The van der Waals surface area contributed by atoms with E-state index in [4.69, 9.17) is 9.47 Å². The Morgan fingerprint density at radius 1 is 1.21 bits per heavy atom. The number of aryl methyl sites for hydroxylation is 1. The topological polar surface area (TPSA) is 103 Å². The van der Waals surface area contributed by atoms with Crippen molar-refractivity contribution in [1.29, 1.82) is 0 Å². The molecule has 4 rings (SSSR count). The number of anilines is 1. The molecule has 0 aliphatic carbocycles. The molecule has 180 valence electrons. The smallest absolute Gasteiger partial charge is 0.259 e. The number of ether oxygens (including phenoxy) is 2. The Morgan fingerprint density at radius 2 is 2.00 bits per heavy atom. The van der Waals surface area contributed by atoms with E-state index in [9.17, 15) is 13.2 Å². The van der Waals surface area contributed by atoms with Crippen molar-refractivity contribution < 1.29 is 22.7 Å². The summed E-state index contributed by atoms with van der Waals surface area (Å²) in [5, 5.41) is 7.47. The van der Waals surface area contributed by atoms with E-state index in [0.29, 0.717) is 41.4 Å². The Hall–Kier alpha value is -3.21. The molecule has 1 aliphatic rings. The molecule has 1 saturated heterocycles. The molecule has 3 aromatic rings. The van der Waals surface area contributed by atoms with Crippen LogP contribution < -0.4 is 10.1 Å².